The van der Waals surface area contributed by atoms with Gasteiger partial charge in [-0.15, -0.1) is 0 Å². The van der Waals surface area contributed by atoms with Crippen molar-refractivity contribution in [3.63, 3.8) is 0 Å². The van der Waals surface area contributed by atoms with Gasteiger partial charge in [0.2, 0.25) is 0 Å². The van der Waals surface area contributed by atoms with Gasteiger partial charge in [-0.25, -0.2) is 5.90 Å². The highest BCUT2D eigenvalue weighted by molar-refractivity contribution is 4.74. The van der Waals surface area contributed by atoms with E-state index in [0.717, 1.165) is 12.3 Å². The summed E-state index contributed by atoms with van der Waals surface area (Å²) in [7, 11) is 0. The number of rotatable bonds is 3. The van der Waals surface area contributed by atoms with Gasteiger partial charge in [0.05, 0.1) is 6.10 Å². The van der Waals surface area contributed by atoms with Crippen LogP contribution in [0.2, 0.25) is 0 Å². The molecule has 0 saturated heterocycles. The number of nitrogens with two attached hydrogens (primary N) is 1. The Morgan fingerprint density at radius 2 is 2.38 bits per heavy atom. The first-order valence-electron chi connectivity index (χ1n) is 3.18. The Kier molecular flexibility index (Phi) is 1.86. The summed E-state index contributed by atoms with van der Waals surface area (Å²) >= 11 is 0. The van der Waals surface area contributed by atoms with Crippen LogP contribution >= 0.6 is 0 Å². The van der Waals surface area contributed by atoms with Gasteiger partial charge in [-0.3, -0.25) is 0 Å². The summed E-state index contributed by atoms with van der Waals surface area (Å²) in [6, 6.07) is 0. The van der Waals surface area contributed by atoms with Gasteiger partial charge in [0, 0.05) is 0 Å². The minimum Gasteiger partial charge on any atom is -0.302 e. The highest BCUT2D eigenvalue weighted by atomic mass is 16.6. The zero-order chi connectivity index (χ0) is 5.98. The van der Waals surface area contributed by atoms with Crippen molar-refractivity contribution in [1.82, 2.24) is 0 Å². The molecule has 48 valence electrons. The van der Waals surface area contributed by atoms with Crippen molar-refractivity contribution in [2.75, 3.05) is 0 Å². The van der Waals surface area contributed by atoms with E-state index in [1.54, 1.807) is 0 Å². The fourth-order valence-electron chi connectivity index (χ4n) is 0.879. The van der Waals surface area contributed by atoms with E-state index in [-0.39, 0.29) is 6.10 Å². The van der Waals surface area contributed by atoms with Crippen LogP contribution in [0, 0.1) is 5.92 Å². The Bertz CT molecular complexity index is 70.9. The van der Waals surface area contributed by atoms with E-state index < -0.39 is 0 Å². The molecule has 1 unspecified atom stereocenters. The first-order chi connectivity index (χ1) is 3.83. The summed E-state index contributed by atoms with van der Waals surface area (Å²) in [6.45, 7) is 2.01. The van der Waals surface area contributed by atoms with Crippen molar-refractivity contribution in [2.24, 2.45) is 11.8 Å². The van der Waals surface area contributed by atoms with Crippen LogP contribution in [0.25, 0.3) is 0 Å². The molecule has 1 saturated carbocycles. The minimum absolute atomic E-state index is 0.266. The van der Waals surface area contributed by atoms with Gasteiger partial charge >= 0.3 is 0 Å². The summed E-state index contributed by atoms with van der Waals surface area (Å²) < 4.78 is 0. The Morgan fingerprint density at radius 3 is 2.75 bits per heavy atom. The minimum atomic E-state index is 0.266. The van der Waals surface area contributed by atoms with Gasteiger partial charge in [-0.05, 0) is 19.3 Å². The molecule has 0 heterocycles. The molecule has 2 N–H and O–H groups in total. The molecule has 1 fully saturated rings. The lowest BCUT2D eigenvalue weighted by Crippen LogP contribution is -2.13. The van der Waals surface area contributed by atoms with E-state index in [9.17, 15) is 0 Å². The summed E-state index contributed by atoms with van der Waals surface area (Å²) in [5, 5.41) is 0. The smallest absolute Gasteiger partial charge is 0.0762 e. The average molecular weight is 115 g/mol. The molecule has 1 atom stereocenters. The lowest BCUT2D eigenvalue weighted by atomic mass is 10.2. The molecule has 0 aromatic rings. The molecular weight excluding hydrogens is 102 g/mol. The van der Waals surface area contributed by atoms with E-state index in [1.807, 2.05) is 6.92 Å². The van der Waals surface area contributed by atoms with Crippen LogP contribution in [0.1, 0.15) is 26.2 Å². The van der Waals surface area contributed by atoms with Crippen LogP contribution in [0.4, 0.5) is 0 Å². The molecule has 1 aliphatic rings. The Hall–Kier alpha value is -0.0800. The summed E-state index contributed by atoms with van der Waals surface area (Å²) in [4.78, 5) is 4.60. The van der Waals surface area contributed by atoms with E-state index in [1.165, 1.54) is 12.8 Å². The second-order valence-corrected chi connectivity index (χ2v) is 2.63. The molecule has 0 bridgehead atoms. The second-order valence-electron chi connectivity index (χ2n) is 2.63. The topological polar surface area (TPSA) is 35.2 Å². The fourth-order valence-corrected chi connectivity index (χ4v) is 0.879. The first kappa shape index (κ1) is 6.05. The maximum Gasteiger partial charge on any atom is 0.0762 e. The van der Waals surface area contributed by atoms with Gasteiger partial charge in [-0.2, -0.15) is 0 Å². The standard InChI is InChI=1S/C6H13NO/c1-5(8-7)4-6-2-3-6/h5-6H,2-4,7H2,1H3. The van der Waals surface area contributed by atoms with Crippen molar-refractivity contribution in [1.29, 1.82) is 0 Å². The highest BCUT2D eigenvalue weighted by Gasteiger charge is 2.23. The summed E-state index contributed by atoms with van der Waals surface area (Å²) in [6.07, 6.45) is 4.18. The molecule has 0 aliphatic heterocycles. The normalized spacial score (nSPS) is 23.2. The third-order valence-electron chi connectivity index (χ3n) is 1.59. The van der Waals surface area contributed by atoms with Crippen molar-refractivity contribution in [2.45, 2.75) is 32.3 Å². The van der Waals surface area contributed by atoms with E-state index >= 15 is 0 Å². The molecule has 0 aromatic carbocycles. The van der Waals surface area contributed by atoms with Crippen LogP contribution in [0.5, 0.6) is 0 Å². The first-order valence-corrected chi connectivity index (χ1v) is 3.18. The van der Waals surface area contributed by atoms with Crippen LogP contribution < -0.4 is 5.90 Å². The molecule has 8 heavy (non-hydrogen) atoms. The van der Waals surface area contributed by atoms with Crippen molar-refractivity contribution < 1.29 is 4.84 Å². The van der Waals surface area contributed by atoms with Gasteiger partial charge in [0.1, 0.15) is 0 Å². The summed E-state index contributed by atoms with van der Waals surface area (Å²) in [5.41, 5.74) is 0. The van der Waals surface area contributed by atoms with Gasteiger partial charge in [0.25, 0.3) is 0 Å². The van der Waals surface area contributed by atoms with Crippen LogP contribution in [0.15, 0.2) is 0 Å². The quantitative estimate of drug-likeness (QED) is 0.558. The number of hydrogen-bond acceptors (Lipinski definition) is 2. The average Bonchev–Trinajstić information content (AvgIpc) is 2.50. The predicted octanol–water partition coefficient (Wildman–Crippen LogP) is 1.07. The van der Waals surface area contributed by atoms with E-state index in [2.05, 4.69) is 4.84 Å². The molecule has 0 spiro atoms. The van der Waals surface area contributed by atoms with Crippen molar-refractivity contribution in [3.05, 3.63) is 0 Å². The zero-order valence-electron chi connectivity index (χ0n) is 5.26. The molecule has 2 nitrogen and oxygen atoms in total. The third kappa shape index (κ3) is 1.80. The third-order valence-corrected chi connectivity index (χ3v) is 1.59. The van der Waals surface area contributed by atoms with Crippen LogP contribution in [-0.2, 0) is 4.84 Å². The molecular formula is C6H13NO. The summed E-state index contributed by atoms with van der Waals surface area (Å²) in [5.74, 6) is 5.87. The monoisotopic (exact) mass is 115 g/mol. The molecule has 2 heteroatoms. The maximum atomic E-state index is 4.95. The Labute approximate surface area is 50.0 Å². The largest absolute Gasteiger partial charge is 0.302 e. The predicted molar refractivity (Wildman–Crippen MR) is 32.1 cm³/mol. The Balaban J connectivity index is 1.98. The number of hydrogen-bond donors (Lipinski definition) is 1. The van der Waals surface area contributed by atoms with Gasteiger partial charge < -0.3 is 4.84 Å². The van der Waals surface area contributed by atoms with Crippen LogP contribution in [0.3, 0.4) is 0 Å². The molecule has 1 aliphatic carbocycles. The van der Waals surface area contributed by atoms with Crippen LogP contribution in [-0.4, -0.2) is 6.10 Å². The van der Waals surface area contributed by atoms with Crippen molar-refractivity contribution in [3.8, 4) is 0 Å². The van der Waals surface area contributed by atoms with E-state index in [4.69, 9.17) is 5.90 Å². The lowest BCUT2D eigenvalue weighted by Gasteiger charge is -2.04. The highest BCUT2D eigenvalue weighted by Crippen LogP contribution is 2.33. The van der Waals surface area contributed by atoms with E-state index in [0.29, 0.717) is 0 Å². The molecule has 0 aromatic heterocycles. The maximum absolute atomic E-state index is 4.95. The fraction of sp³-hybridized carbons (Fsp3) is 1.00. The molecule has 0 amide bonds. The van der Waals surface area contributed by atoms with Gasteiger partial charge in [0.15, 0.2) is 0 Å². The van der Waals surface area contributed by atoms with Crippen molar-refractivity contribution >= 4 is 0 Å². The van der Waals surface area contributed by atoms with Gasteiger partial charge in [-0.1, -0.05) is 12.8 Å². The molecule has 0 radical (unpaired) electrons. The second kappa shape index (κ2) is 2.46. The lowest BCUT2D eigenvalue weighted by molar-refractivity contribution is 0.0568. The SMILES string of the molecule is CC(CC1CC1)ON. The molecule has 1 rings (SSSR count). The Morgan fingerprint density at radius 1 is 1.75 bits per heavy atom. The zero-order valence-corrected chi connectivity index (χ0v) is 5.26.